The minimum Gasteiger partial charge on any atom is -0.387 e. The lowest BCUT2D eigenvalue weighted by molar-refractivity contribution is 0.886. The van der Waals surface area contributed by atoms with Crippen LogP contribution < -0.4 is 10.6 Å². The van der Waals surface area contributed by atoms with Gasteiger partial charge < -0.3 is 10.6 Å². The molecular formula is C10H12N2. The molecular weight excluding hydrogens is 148 g/mol. The summed E-state index contributed by atoms with van der Waals surface area (Å²) in [6.07, 6.45) is 13.5. The van der Waals surface area contributed by atoms with E-state index in [9.17, 15) is 0 Å². The summed E-state index contributed by atoms with van der Waals surface area (Å²) in [7, 11) is 0. The second kappa shape index (κ2) is 3.30. The number of hydrogen-bond acceptors (Lipinski definition) is 2. The molecule has 12 heavy (non-hydrogen) atoms. The van der Waals surface area contributed by atoms with Crippen LogP contribution in [0.2, 0.25) is 0 Å². The largest absolute Gasteiger partial charge is 0.387 e. The molecule has 0 spiro atoms. The Morgan fingerprint density at radius 3 is 2.92 bits per heavy atom. The lowest BCUT2D eigenvalue weighted by atomic mass is 10.1. The van der Waals surface area contributed by atoms with Gasteiger partial charge in [0.2, 0.25) is 0 Å². The van der Waals surface area contributed by atoms with Crippen LogP contribution in [-0.2, 0) is 0 Å². The van der Waals surface area contributed by atoms with E-state index in [-0.39, 0.29) is 0 Å². The Morgan fingerprint density at radius 2 is 2.25 bits per heavy atom. The third-order valence-electron chi connectivity index (χ3n) is 1.96. The van der Waals surface area contributed by atoms with Crippen LogP contribution in [0.1, 0.15) is 6.42 Å². The Bertz CT molecular complexity index is 282. The lowest BCUT2D eigenvalue weighted by Crippen LogP contribution is -2.20. The molecule has 0 saturated heterocycles. The summed E-state index contributed by atoms with van der Waals surface area (Å²) < 4.78 is 0. The van der Waals surface area contributed by atoms with Gasteiger partial charge in [-0.05, 0) is 30.5 Å². The molecule has 2 aliphatic rings. The highest BCUT2D eigenvalue weighted by molar-refractivity contribution is 5.38. The van der Waals surface area contributed by atoms with Gasteiger partial charge in [0.15, 0.2) is 0 Å². The Kier molecular flexibility index (Phi) is 1.99. The maximum absolute atomic E-state index is 3.23. The minimum atomic E-state index is 0.920. The summed E-state index contributed by atoms with van der Waals surface area (Å²) >= 11 is 0. The standard InChI is InChI=1S/C10H12N2/c1-2-7-12-10(5-1)9-4-3-6-11-8-9/h2-7,11-12H,1,8H2. The van der Waals surface area contributed by atoms with Crippen molar-refractivity contribution in [2.75, 3.05) is 6.54 Å². The fourth-order valence-corrected chi connectivity index (χ4v) is 1.33. The number of allylic oxidation sites excluding steroid dienone is 4. The van der Waals surface area contributed by atoms with Crippen LogP contribution in [0.3, 0.4) is 0 Å². The molecule has 0 fully saturated rings. The summed E-state index contributed by atoms with van der Waals surface area (Å²) in [5.41, 5.74) is 2.55. The average Bonchev–Trinajstić information content (AvgIpc) is 2.21. The van der Waals surface area contributed by atoms with Crippen molar-refractivity contribution < 1.29 is 0 Å². The quantitative estimate of drug-likeness (QED) is 0.606. The van der Waals surface area contributed by atoms with Gasteiger partial charge in [0.25, 0.3) is 0 Å². The van der Waals surface area contributed by atoms with Crippen LogP contribution in [0.4, 0.5) is 0 Å². The van der Waals surface area contributed by atoms with Gasteiger partial charge in [-0.2, -0.15) is 0 Å². The Hall–Kier alpha value is -1.44. The molecule has 0 aromatic heterocycles. The summed E-state index contributed by atoms with van der Waals surface area (Å²) in [5, 5.41) is 6.41. The number of dihydropyridines is 2. The zero-order chi connectivity index (χ0) is 8.23. The molecule has 0 amide bonds. The third kappa shape index (κ3) is 1.42. The van der Waals surface area contributed by atoms with Crippen LogP contribution in [-0.4, -0.2) is 6.54 Å². The minimum absolute atomic E-state index is 0.920. The van der Waals surface area contributed by atoms with Crippen LogP contribution in [0.25, 0.3) is 0 Å². The second-order valence-electron chi connectivity index (χ2n) is 2.83. The van der Waals surface area contributed by atoms with Crippen molar-refractivity contribution in [2.45, 2.75) is 6.42 Å². The summed E-state index contributed by atoms with van der Waals surface area (Å²) in [4.78, 5) is 0. The zero-order valence-corrected chi connectivity index (χ0v) is 6.88. The summed E-state index contributed by atoms with van der Waals surface area (Å²) in [6.45, 7) is 0.920. The summed E-state index contributed by atoms with van der Waals surface area (Å²) in [5.74, 6) is 0. The fraction of sp³-hybridized carbons (Fsp3) is 0.200. The van der Waals surface area contributed by atoms with Gasteiger partial charge in [-0.15, -0.1) is 0 Å². The van der Waals surface area contributed by atoms with Crippen LogP contribution in [0.15, 0.2) is 48.0 Å². The van der Waals surface area contributed by atoms with E-state index in [0.29, 0.717) is 0 Å². The average molecular weight is 160 g/mol. The molecule has 0 aromatic carbocycles. The molecule has 2 aliphatic heterocycles. The first kappa shape index (κ1) is 7.22. The monoisotopic (exact) mass is 160 g/mol. The van der Waals surface area contributed by atoms with E-state index in [1.807, 2.05) is 18.5 Å². The molecule has 2 heteroatoms. The van der Waals surface area contributed by atoms with Gasteiger partial charge in [0, 0.05) is 12.2 Å². The van der Waals surface area contributed by atoms with Gasteiger partial charge >= 0.3 is 0 Å². The highest BCUT2D eigenvalue weighted by atomic mass is 14.9. The van der Waals surface area contributed by atoms with Crippen molar-refractivity contribution in [3.05, 3.63) is 48.0 Å². The molecule has 62 valence electrons. The Labute approximate surface area is 72.4 Å². The van der Waals surface area contributed by atoms with Crippen molar-refractivity contribution in [3.63, 3.8) is 0 Å². The molecule has 2 N–H and O–H groups in total. The molecule has 0 saturated carbocycles. The van der Waals surface area contributed by atoms with Gasteiger partial charge in [-0.25, -0.2) is 0 Å². The molecule has 0 atom stereocenters. The molecule has 0 bridgehead atoms. The van der Waals surface area contributed by atoms with Crippen LogP contribution in [0.5, 0.6) is 0 Å². The Balaban J connectivity index is 2.13. The molecule has 2 nitrogen and oxygen atoms in total. The van der Waals surface area contributed by atoms with Crippen molar-refractivity contribution in [2.24, 2.45) is 0 Å². The van der Waals surface area contributed by atoms with Crippen molar-refractivity contribution in [1.82, 2.24) is 10.6 Å². The van der Waals surface area contributed by atoms with Gasteiger partial charge in [-0.3, -0.25) is 0 Å². The maximum atomic E-state index is 3.23. The molecule has 0 aliphatic carbocycles. The van der Waals surface area contributed by atoms with E-state index in [2.05, 4.69) is 28.9 Å². The molecule has 0 radical (unpaired) electrons. The number of rotatable bonds is 1. The topological polar surface area (TPSA) is 24.1 Å². The van der Waals surface area contributed by atoms with Crippen molar-refractivity contribution in [3.8, 4) is 0 Å². The van der Waals surface area contributed by atoms with Gasteiger partial charge in [0.05, 0.1) is 0 Å². The fourth-order valence-electron chi connectivity index (χ4n) is 1.33. The SMILES string of the molecule is C1=CNCC(C2=CCC=CN2)=C1. The normalized spacial score (nSPS) is 20.7. The van der Waals surface area contributed by atoms with Crippen LogP contribution >= 0.6 is 0 Å². The number of hydrogen-bond donors (Lipinski definition) is 2. The molecule has 0 unspecified atom stereocenters. The zero-order valence-electron chi connectivity index (χ0n) is 6.88. The highest BCUT2D eigenvalue weighted by Crippen LogP contribution is 2.12. The molecule has 2 rings (SSSR count). The van der Waals surface area contributed by atoms with Gasteiger partial charge in [0.1, 0.15) is 0 Å². The van der Waals surface area contributed by atoms with E-state index in [0.717, 1.165) is 13.0 Å². The first-order chi connectivity index (χ1) is 5.97. The van der Waals surface area contributed by atoms with Crippen molar-refractivity contribution in [1.29, 1.82) is 0 Å². The van der Waals surface area contributed by atoms with Crippen LogP contribution in [0, 0.1) is 0 Å². The predicted octanol–water partition coefficient (Wildman–Crippen LogP) is 1.42. The predicted molar refractivity (Wildman–Crippen MR) is 50.2 cm³/mol. The van der Waals surface area contributed by atoms with E-state index in [1.54, 1.807) is 0 Å². The first-order valence-electron chi connectivity index (χ1n) is 4.18. The van der Waals surface area contributed by atoms with E-state index >= 15 is 0 Å². The summed E-state index contributed by atoms with van der Waals surface area (Å²) in [6, 6.07) is 0. The lowest BCUT2D eigenvalue weighted by Gasteiger charge is -2.16. The molecule has 0 aromatic rings. The Morgan fingerprint density at radius 1 is 1.25 bits per heavy atom. The van der Waals surface area contributed by atoms with Crippen molar-refractivity contribution >= 4 is 0 Å². The van der Waals surface area contributed by atoms with E-state index < -0.39 is 0 Å². The second-order valence-corrected chi connectivity index (χ2v) is 2.83. The highest BCUT2D eigenvalue weighted by Gasteiger charge is 2.05. The van der Waals surface area contributed by atoms with E-state index in [4.69, 9.17) is 0 Å². The molecule has 2 heterocycles. The third-order valence-corrected chi connectivity index (χ3v) is 1.96. The number of nitrogens with one attached hydrogen (secondary N) is 2. The first-order valence-corrected chi connectivity index (χ1v) is 4.18. The smallest absolute Gasteiger partial charge is 0.0415 e. The van der Waals surface area contributed by atoms with Gasteiger partial charge in [-0.1, -0.05) is 18.2 Å². The maximum Gasteiger partial charge on any atom is 0.0415 e. The van der Waals surface area contributed by atoms with E-state index in [1.165, 1.54) is 11.3 Å².